The summed E-state index contributed by atoms with van der Waals surface area (Å²) in [6.45, 7) is 4.02. The van der Waals surface area contributed by atoms with Crippen molar-refractivity contribution in [2.75, 3.05) is 13.1 Å². The minimum Gasteiger partial charge on any atom is -0.480 e. The third-order valence-corrected chi connectivity index (χ3v) is 2.05. The normalized spacial score (nSPS) is 12.2. The van der Waals surface area contributed by atoms with Gasteiger partial charge in [0.1, 0.15) is 6.54 Å². The van der Waals surface area contributed by atoms with E-state index in [1.54, 1.807) is 0 Å². The molecule has 88 valence electrons. The highest BCUT2D eigenvalue weighted by Crippen LogP contribution is 2.01. The zero-order chi connectivity index (χ0) is 11.8. The van der Waals surface area contributed by atoms with Crippen molar-refractivity contribution in [2.24, 2.45) is 5.73 Å². The van der Waals surface area contributed by atoms with Crippen LogP contribution in [0.5, 0.6) is 0 Å². The molecule has 0 saturated heterocycles. The molecule has 0 aromatic rings. The SMILES string of the molecule is CCC[C@@H](N)C(=O)N(CCC)CC(=O)O. The van der Waals surface area contributed by atoms with Crippen LogP contribution in [0, 0.1) is 0 Å². The molecule has 0 bridgehead atoms. The number of nitrogens with two attached hydrogens (primary N) is 1. The summed E-state index contributed by atoms with van der Waals surface area (Å²) in [7, 11) is 0. The number of carboxylic acids is 1. The highest BCUT2D eigenvalue weighted by molar-refractivity contribution is 5.85. The summed E-state index contributed by atoms with van der Waals surface area (Å²) in [6, 6.07) is -0.569. The second-order valence-electron chi connectivity index (χ2n) is 3.55. The van der Waals surface area contributed by atoms with E-state index < -0.39 is 12.0 Å². The van der Waals surface area contributed by atoms with Gasteiger partial charge >= 0.3 is 5.97 Å². The minimum atomic E-state index is -1.000. The molecular formula is C10H20N2O3. The average Bonchev–Trinajstić information content (AvgIpc) is 2.16. The second-order valence-corrected chi connectivity index (χ2v) is 3.55. The predicted octanol–water partition coefficient (Wildman–Crippen LogP) is 0.437. The van der Waals surface area contributed by atoms with E-state index >= 15 is 0 Å². The largest absolute Gasteiger partial charge is 0.480 e. The Morgan fingerprint density at radius 3 is 2.33 bits per heavy atom. The van der Waals surface area contributed by atoms with Crippen molar-refractivity contribution < 1.29 is 14.7 Å². The molecule has 0 aliphatic heterocycles. The Morgan fingerprint density at radius 2 is 1.93 bits per heavy atom. The quantitative estimate of drug-likeness (QED) is 0.646. The van der Waals surface area contributed by atoms with Gasteiger partial charge in [-0.1, -0.05) is 20.3 Å². The Bertz CT molecular complexity index is 219. The summed E-state index contributed by atoms with van der Waals surface area (Å²) >= 11 is 0. The van der Waals surface area contributed by atoms with Crippen molar-refractivity contribution >= 4 is 11.9 Å². The monoisotopic (exact) mass is 216 g/mol. The van der Waals surface area contributed by atoms with Gasteiger partial charge in [0.05, 0.1) is 6.04 Å². The Hall–Kier alpha value is -1.10. The van der Waals surface area contributed by atoms with Crippen molar-refractivity contribution in [2.45, 2.75) is 39.2 Å². The molecule has 0 unspecified atom stereocenters. The molecule has 5 heteroatoms. The molecular weight excluding hydrogens is 196 g/mol. The van der Waals surface area contributed by atoms with Crippen molar-refractivity contribution in [1.82, 2.24) is 4.90 Å². The van der Waals surface area contributed by atoms with Crippen LogP contribution in [-0.2, 0) is 9.59 Å². The van der Waals surface area contributed by atoms with Crippen LogP contribution in [0.25, 0.3) is 0 Å². The van der Waals surface area contributed by atoms with E-state index in [0.29, 0.717) is 13.0 Å². The van der Waals surface area contributed by atoms with Gasteiger partial charge in [0.2, 0.25) is 5.91 Å². The van der Waals surface area contributed by atoms with Crippen LogP contribution in [0.1, 0.15) is 33.1 Å². The highest BCUT2D eigenvalue weighted by Gasteiger charge is 2.21. The van der Waals surface area contributed by atoms with Gasteiger partial charge in [0.25, 0.3) is 0 Å². The van der Waals surface area contributed by atoms with Gasteiger partial charge in [-0.2, -0.15) is 0 Å². The number of rotatable bonds is 7. The van der Waals surface area contributed by atoms with E-state index in [1.165, 1.54) is 4.90 Å². The molecule has 0 heterocycles. The van der Waals surface area contributed by atoms with Crippen molar-refractivity contribution in [3.05, 3.63) is 0 Å². The topological polar surface area (TPSA) is 83.6 Å². The standard InChI is InChI=1S/C10H20N2O3/c1-3-5-8(11)10(15)12(6-4-2)7-9(13)14/h8H,3-7,11H2,1-2H3,(H,13,14)/t8-/m1/s1. The molecule has 0 aromatic carbocycles. The maximum atomic E-state index is 11.7. The summed E-state index contributed by atoms with van der Waals surface area (Å²) in [5, 5.41) is 8.64. The van der Waals surface area contributed by atoms with Crippen LogP contribution in [-0.4, -0.2) is 41.0 Å². The van der Waals surface area contributed by atoms with Gasteiger partial charge in [-0.25, -0.2) is 0 Å². The third-order valence-electron chi connectivity index (χ3n) is 2.05. The zero-order valence-corrected chi connectivity index (χ0v) is 9.40. The molecule has 1 atom stereocenters. The number of nitrogens with zero attached hydrogens (tertiary/aromatic N) is 1. The van der Waals surface area contributed by atoms with Gasteiger partial charge in [0, 0.05) is 6.54 Å². The van der Waals surface area contributed by atoms with E-state index in [4.69, 9.17) is 10.8 Å². The first-order valence-electron chi connectivity index (χ1n) is 5.29. The van der Waals surface area contributed by atoms with Crippen LogP contribution in [0.2, 0.25) is 0 Å². The first-order valence-corrected chi connectivity index (χ1v) is 5.29. The van der Waals surface area contributed by atoms with Crippen LogP contribution in [0.4, 0.5) is 0 Å². The summed E-state index contributed by atoms with van der Waals surface area (Å²) in [4.78, 5) is 23.5. The van der Waals surface area contributed by atoms with Crippen molar-refractivity contribution in [1.29, 1.82) is 0 Å². The van der Waals surface area contributed by atoms with Gasteiger partial charge in [-0.05, 0) is 12.8 Å². The summed E-state index contributed by atoms with van der Waals surface area (Å²) in [5.41, 5.74) is 5.65. The molecule has 0 spiro atoms. The average molecular weight is 216 g/mol. The smallest absolute Gasteiger partial charge is 0.323 e. The number of carbonyl (C=O) groups excluding carboxylic acids is 1. The molecule has 0 fully saturated rings. The molecule has 1 amide bonds. The van der Waals surface area contributed by atoms with Crippen LogP contribution in [0.3, 0.4) is 0 Å². The molecule has 0 saturated carbocycles. The van der Waals surface area contributed by atoms with E-state index in [0.717, 1.165) is 12.8 Å². The van der Waals surface area contributed by atoms with Crippen LogP contribution >= 0.6 is 0 Å². The number of hydrogen-bond donors (Lipinski definition) is 2. The van der Waals surface area contributed by atoms with E-state index in [2.05, 4.69) is 0 Å². The number of hydrogen-bond acceptors (Lipinski definition) is 3. The van der Waals surface area contributed by atoms with Gasteiger partial charge in [-0.3, -0.25) is 9.59 Å². The predicted molar refractivity (Wildman–Crippen MR) is 57.4 cm³/mol. The van der Waals surface area contributed by atoms with Crippen LogP contribution < -0.4 is 5.73 Å². The lowest BCUT2D eigenvalue weighted by atomic mass is 10.1. The molecule has 0 rings (SSSR count). The first-order chi connectivity index (χ1) is 7.02. The maximum Gasteiger partial charge on any atom is 0.323 e. The van der Waals surface area contributed by atoms with Crippen molar-refractivity contribution in [3.63, 3.8) is 0 Å². The summed E-state index contributed by atoms with van der Waals surface area (Å²) < 4.78 is 0. The molecule has 5 nitrogen and oxygen atoms in total. The highest BCUT2D eigenvalue weighted by atomic mass is 16.4. The Labute approximate surface area is 90.2 Å². The number of amides is 1. The number of aliphatic carboxylic acids is 1. The zero-order valence-electron chi connectivity index (χ0n) is 9.40. The van der Waals surface area contributed by atoms with Gasteiger partial charge < -0.3 is 15.7 Å². The molecule has 15 heavy (non-hydrogen) atoms. The molecule has 0 aliphatic rings. The van der Waals surface area contributed by atoms with E-state index in [1.807, 2.05) is 13.8 Å². The molecule has 0 aliphatic carbocycles. The lowest BCUT2D eigenvalue weighted by Gasteiger charge is -2.23. The summed E-state index contributed by atoms with van der Waals surface area (Å²) in [6.07, 6.45) is 2.15. The minimum absolute atomic E-state index is 0.260. The lowest BCUT2D eigenvalue weighted by molar-refractivity contribution is -0.145. The molecule has 0 aromatic heterocycles. The summed E-state index contributed by atoms with van der Waals surface area (Å²) in [5.74, 6) is -1.26. The van der Waals surface area contributed by atoms with Gasteiger partial charge in [0.15, 0.2) is 0 Å². The fraction of sp³-hybridized carbons (Fsp3) is 0.800. The third kappa shape index (κ3) is 5.37. The Kier molecular flexibility index (Phi) is 6.70. The Balaban J connectivity index is 4.32. The van der Waals surface area contributed by atoms with E-state index in [9.17, 15) is 9.59 Å². The van der Waals surface area contributed by atoms with E-state index in [-0.39, 0.29) is 12.5 Å². The fourth-order valence-corrected chi connectivity index (χ4v) is 1.37. The number of carboxylic acid groups (broad SMARTS) is 1. The number of carbonyl (C=O) groups is 2. The fourth-order valence-electron chi connectivity index (χ4n) is 1.37. The first kappa shape index (κ1) is 13.9. The second kappa shape index (κ2) is 7.23. The van der Waals surface area contributed by atoms with Crippen molar-refractivity contribution in [3.8, 4) is 0 Å². The lowest BCUT2D eigenvalue weighted by Crippen LogP contribution is -2.46. The van der Waals surface area contributed by atoms with Crippen LogP contribution in [0.15, 0.2) is 0 Å². The molecule has 3 N–H and O–H groups in total. The molecule has 0 radical (unpaired) electrons. The maximum absolute atomic E-state index is 11.7. The Morgan fingerprint density at radius 1 is 1.33 bits per heavy atom. The van der Waals surface area contributed by atoms with Gasteiger partial charge in [-0.15, -0.1) is 0 Å².